The lowest BCUT2D eigenvalue weighted by Gasteiger charge is -2.36. The van der Waals surface area contributed by atoms with E-state index in [0.717, 1.165) is 12.3 Å². The molecule has 1 aliphatic rings. The number of rotatable bonds is 2. The summed E-state index contributed by atoms with van der Waals surface area (Å²) in [5.41, 5.74) is -0.929. The van der Waals surface area contributed by atoms with E-state index in [1.165, 1.54) is 0 Å². The van der Waals surface area contributed by atoms with Crippen LogP contribution in [0.1, 0.15) is 62.5 Å². The number of aromatic carboxylic acids is 1. The summed E-state index contributed by atoms with van der Waals surface area (Å²) in [5, 5.41) is 8.74. The van der Waals surface area contributed by atoms with Gasteiger partial charge in [-0.25, -0.2) is 18.0 Å². The van der Waals surface area contributed by atoms with Crippen LogP contribution in [0.2, 0.25) is 0 Å². The molecule has 1 heterocycles. The van der Waals surface area contributed by atoms with Gasteiger partial charge >= 0.3 is 5.97 Å². The number of hydrogen-bond donors (Lipinski definition) is 1. The van der Waals surface area contributed by atoms with Gasteiger partial charge in [-0.15, -0.1) is 0 Å². The Hall–Kier alpha value is -1.59. The fourth-order valence-corrected chi connectivity index (χ4v) is 2.40. The summed E-state index contributed by atoms with van der Waals surface area (Å²) in [4.78, 5) is 14.5. The minimum Gasteiger partial charge on any atom is -0.478 e. The fourth-order valence-electron chi connectivity index (χ4n) is 2.40. The van der Waals surface area contributed by atoms with Crippen LogP contribution in [0, 0.1) is 5.82 Å². The van der Waals surface area contributed by atoms with Crippen molar-refractivity contribution in [2.24, 2.45) is 0 Å². The molecule has 6 heteroatoms. The Labute approximate surface area is 122 Å². The monoisotopic (exact) mass is 303 g/mol. The number of carboxylic acids is 1. The van der Waals surface area contributed by atoms with Gasteiger partial charge < -0.3 is 5.11 Å². The molecule has 118 valence electrons. The topological polar surface area (TPSA) is 50.2 Å². The number of hydrogen-bond acceptors (Lipinski definition) is 2. The molecule has 2 rings (SSSR count). The first-order chi connectivity index (χ1) is 9.73. The van der Waals surface area contributed by atoms with Gasteiger partial charge in [0.15, 0.2) is 0 Å². The van der Waals surface area contributed by atoms with E-state index in [9.17, 15) is 18.0 Å². The first-order valence-corrected chi connectivity index (χ1v) is 7.01. The maximum absolute atomic E-state index is 13.9. The number of pyridine rings is 1. The van der Waals surface area contributed by atoms with Crippen LogP contribution in [-0.4, -0.2) is 22.0 Å². The van der Waals surface area contributed by atoms with E-state index in [-0.39, 0.29) is 36.9 Å². The van der Waals surface area contributed by atoms with Crippen LogP contribution in [0.15, 0.2) is 12.3 Å². The van der Waals surface area contributed by atoms with Crippen LogP contribution in [0.25, 0.3) is 0 Å². The maximum atomic E-state index is 13.9. The van der Waals surface area contributed by atoms with E-state index >= 15 is 0 Å². The van der Waals surface area contributed by atoms with Crippen LogP contribution < -0.4 is 0 Å². The van der Waals surface area contributed by atoms with Gasteiger partial charge in [0, 0.05) is 24.5 Å². The Kier molecular flexibility index (Phi) is 5.36. The third-order valence-corrected chi connectivity index (χ3v) is 3.74. The molecule has 3 nitrogen and oxygen atoms in total. The molecular weight excluding hydrogens is 283 g/mol. The Morgan fingerprint density at radius 3 is 2.19 bits per heavy atom. The third kappa shape index (κ3) is 3.95. The molecule has 0 radical (unpaired) electrons. The zero-order valence-corrected chi connectivity index (χ0v) is 12.4. The largest absolute Gasteiger partial charge is 0.478 e. The van der Waals surface area contributed by atoms with Crippen molar-refractivity contribution in [1.82, 2.24) is 4.98 Å². The molecule has 0 bridgehead atoms. The number of alkyl halides is 2. The van der Waals surface area contributed by atoms with Crippen molar-refractivity contribution in [2.75, 3.05) is 0 Å². The first-order valence-electron chi connectivity index (χ1n) is 7.01. The SMILES string of the molecule is CC.CC1(c2ncc(C(=O)O)cc2F)CCC(F)(F)CC1. The zero-order chi connectivity index (χ0) is 16.3. The number of nitrogens with zero attached hydrogens (tertiary/aromatic N) is 1. The van der Waals surface area contributed by atoms with Crippen molar-refractivity contribution in [2.45, 2.75) is 57.8 Å². The molecule has 0 saturated heterocycles. The highest BCUT2D eigenvalue weighted by Crippen LogP contribution is 2.45. The molecule has 1 fully saturated rings. The Balaban J connectivity index is 0.00000106. The van der Waals surface area contributed by atoms with E-state index in [2.05, 4.69) is 4.98 Å². The molecule has 1 saturated carbocycles. The van der Waals surface area contributed by atoms with Crippen LogP contribution >= 0.6 is 0 Å². The minimum atomic E-state index is -2.70. The van der Waals surface area contributed by atoms with E-state index in [4.69, 9.17) is 5.11 Å². The van der Waals surface area contributed by atoms with Gasteiger partial charge in [0.05, 0.1) is 11.3 Å². The number of aromatic nitrogens is 1. The van der Waals surface area contributed by atoms with Crippen LogP contribution in [0.4, 0.5) is 13.2 Å². The summed E-state index contributed by atoms with van der Waals surface area (Å²) < 4.78 is 40.2. The quantitative estimate of drug-likeness (QED) is 0.880. The third-order valence-electron chi connectivity index (χ3n) is 3.74. The summed E-state index contributed by atoms with van der Waals surface area (Å²) in [6.45, 7) is 5.69. The van der Waals surface area contributed by atoms with Gasteiger partial charge in [-0.1, -0.05) is 20.8 Å². The molecular formula is C15H20F3NO2. The van der Waals surface area contributed by atoms with Gasteiger partial charge in [0.1, 0.15) is 5.82 Å². The van der Waals surface area contributed by atoms with Crippen LogP contribution in [-0.2, 0) is 5.41 Å². The molecule has 0 aromatic carbocycles. The van der Waals surface area contributed by atoms with Crippen LogP contribution in [0.3, 0.4) is 0 Å². The summed E-state index contributed by atoms with van der Waals surface area (Å²) in [6.07, 6.45) is 0.738. The van der Waals surface area contributed by atoms with Crippen molar-refractivity contribution in [3.63, 3.8) is 0 Å². The molecule has 0 aliphatic heterocycles. The normalized spacial score (nSPS) is 19.3. The molecule has 0 amide bonds. The summed E-state index contributed by atoms with van der Waals surface area (Å²) >= 11 is 0. The predicted octanol–water partition coefficient (Wildman–Crippen LogP) is 4.41. The van der Waals surface area contributed by atoms with E-state index in [1.54, 1.807) is 6.92 Å². The smallest absolute Gasteiger partial charge is 0.337 e. The van der Waals surface area contributed by atoms with Crippen LogP contribution in [0.5, 0.6) is 0 Å². The summed E-state index contributed by atoms with van der Waals surface area (Å²) in [5.74, 6) is -4.71. The first kappa shape index (κ1) is 17.5. The minimum absolute atomic E-state index is 0.0769. The lowest BCUT2D eigenvalue weighted by molar-refractivity contribution is -0.0506. The second kappa shape index (κ2) is 6.45. The fraction of sp³-hybridized carbons (Fsp3) is 0.600. The Morgan fingerprint density at radius 1 is 1.24 bits per heavy atom. The molecule has 0 spiro atoms. The lowest BCUT2D eigenvalue weighted by Crippen LogP contribution is -2.35. The number of carboxylic acid groups (broad SMARTS) is 1. The summed E-state index contributed by atoms with van der Waals surface area (Å²) in [7, 11) is 0. The van der Waals surface area contributed by atoms with E-state index in [1.807, 2.05) is 13.8 Å². The van der Waals surface area contributed by atoms with Gasteiger partial charge in [-0.2, -0.15) is 0 Å². The van der Waals surface area contributed by atoms with Gasteiger partial charge in [0.2, 0.25) is 5.92 Å². The van der Waals surface area contributed by atoms with Crippen molar-refractivity contribution >= 4 is 5.97 Å². The Bertz CT molecular complexity index is 508. The molecule has 1 aliphatic carbocycles. The number of halogens is 3. The van der Waals surface area contributed by atoms with Crippen molar-refractivity contribution < 1.29 is 23.1 Å². The maximum Gasteiger partial charge on any atom is 0.337 e. The summed E-state index contributed by atoms with van der Waals surface area (Å²) in [6, 6.07) is 0.892. The molecule has 21 heavy (non-hydrogen) atoms. The second-order valence-corrected chi connectivity index (χ2v) is 5.28. The van der Waals surface area contributed by atoms with Crippen molar-refractivity contribution in [3.8, 4) is 0 Å². The van der Waals surface area contributed by atoms with Gasteiger partial charge in [-0.3, -0.25) is 4.98 Å². The average molecular weight is 303 g/mol. The standard InChI is InChI=1S/C13H14F3NO2.C2H6/c1-12(2-4-13(15,16)5-3-12)10-9(14)6-8(7-17-10)11(18)19;1-2/h6-7H,2-5H2,1H3,(H,18,19);1-2H3. The molecule has 1 aromatic rings. The van der Waals surface area contributed by atoms with E-state index < -0.39 is 23.1 Å². The second-order valence-electron chi connectivity index (χ2n) is 5.28. The molecule has 0 unspecified atom stereocenters. The molecule has 1 N–H and O–H groups in total. The van der Waals surface area contributed by atoms with Gasteiger partial charge in [-0.05, 0) is 18.9 Å². The van der Waals surface area contributed by atoms with Gasteiger partial charge in [0.25, 0.3) is 0 Å². The zero-order valence-electron chi connectivity index (χ0n) is 12.4. The van der Waals surface area contributed by atoms with E-state index in [0.29, 0.717) is 0 Å². The Morgan fingerprint density at radius 2 is 1.76 bits per heavy atom. The van der Waals surface area contributed by atoms with Crippen molar-refractivity contribution in [3.05, 3.63) is 29.3 Å². The highest BCUT2D eigenvalue weighted by Gasteiger charge is 2.43. The van der Waals surface area contributed by atoms with Crippen molar-refractivity contribution in [1.29, 1.82) is 0 Å². The lowest BCUT2D eigenvalue weighted by atomic mass is 9.72. The predicted molar refractivity (Wildman–Crippen MR) is 73.3 cm³/mol. The number of carbonyl (C=O) groups is 1. The highest BCUT2D eigenvalue weighted by molar-refractivity contribution is 5.87. The molecule has 1 aromatic heterocycles. The molecule has 0 atom stereocenters. The average Bonchev–Trinajstić information content (AvgIpc) is 2.44. The highest BCUT2D eigenvalue weighted by atomic mass is 19.3.